The summed E-state index contributed by atoms with van der Waals surface area (Å²) in [6, 6.07) is 5.98. The van der Waals surface area contributed by atoms with Crippen molar-refractivity contribution in [2.24, 2.45) is 5.73 Å². The molecule has 1 amide bonds. The summed E-state index contributed by atoms with van der Waals surface area (Å²) in [6.07, 6.45) is 1.51. The van der Waals surface area contributed by atoms with E-state index in [0.29, 0.717) is 16.9 Å². The molecule has 1 aromatic heterocycles. The lowest BCUT2D eigenvalue weighted by atomic mass is 10.2. The van der Waals surface area contributed by atoms with Crippen molar-refractivity contribution in [2.75, 3.05) is 5.32 Å². The Morgan fingerprint density at radius 2 is 1.95 bits per heavy atom. The number of nitrogens with zero attached hydrogens (tertiary/aromatic N) is 1. The maximum Gasteiger partial charge on any atom is 0.255 e. The number of carbonyl (C=O) groups is 1. The Balaban J connectivity index is 2.23. The van der Waals surface area contributed by atoms with E-state index in [1.807, 2.05) is 0 Å². The van der Waals surface area contributed by atoms with Crippen LogP contribution in [0, 0.1) is 0 Å². The number of halogens is 2. The van der Waals surface area contributed by atoms with Gasteiger partial charge in [-0.05, 0) is 24.3 Å². The molecule has 1 aromatic carbocycles. The molecule has 0 saturated carbocycles. The van der Waals surface area contributed by atoms with Crippen LogP contribution < -0.4 is 11.1 Å². The second-order valence-corrected chi connectivity index (χ2v) is 4.80. The summed E-state index contributed by atoms with van der Waals surface area (Å²) in [5.74, 6) is -0.569. The minimum atomic E-state index is -0.347. The zero-order valence-electron chi connectivity index (χ0n) is 10.2. The molecule has 2 aromatic rings. The number of phenols is 1. The van der Waals surface area contributed by atoms with Gasteiger partial charge in [-0.15, -0.1) is 0 Å². The normalized spacial score (nSPS) is 10.3. The Labute approximate surface area is 125 Å². The van der Waals surface area contributed by atoms with Gasteiger partial charge in [-0.25, -0.2) is 0 Å². The van der Waals surface area contributed by atoms with E-state index >= 15 is 0 Å². The number of rotatable bonds is 3. The molecule has 0 unspecified atom stereocenters. The first-order chi connectivity index (χ1) is 9.51. The number of hydrogen-bond acceptors (Lipinski definition) is 4. The lowest BCUT2D eigenvalue weighted by Gasteiger charge is -2.08. The molecule has 0 atom stereocenters. The van der Waals surface area contributed by atoms with Gasteiger partial charge in [-0.2, -0.15) is 0 Å². The largest absolute Gasteiger partial charge is 0.505 e. The van der Waals surface area contributed by atoms with Crippen molar-refractivity contribution in [3.63, 3.8) is 0 Å². The number of aromatic hydroxyl groups is 1. The number of nitrogens with one attached hydrogen (secondary N) is 1. The van der Waals surface area contributed by atoms with Gasteiger partial charge in [0.2, 0.25) is 0 Å². The number of carbonyl (C=O) groups excluding carboxylic acids is 1. The van der Waals surface area contributed by atoms with E-state index in [-0.39, 0.29) is 28.2 Å². The SMILES string of the molecule is NCc1cc(C(=O)Nc2cc(Cl)c(O)c(Cl)c2)ccn1. The van der Waals surface area contributed by atoms with Crippen molar-refractivity contribution >= 4 is 34.8 Å². The van der Waals surface area contributed by atoms with Crippen LogP contribution in [-0.2, 0) is 6.54 Å². The highest BCUT2D eigenvalue weighted by molar-refractivity contribution is 6.37. The minimum absolute atomic E-state index is 0.0603. The van der Waals surface area contributed by atoms with Crippen LogP contribution in [0.4, 0.5) is 5.69 Å². The maximum atomic E-state index is 12.1. The number of benzene rings is 1. The fourth-order valence-corrected chi connectivity index (χ4v) is 2.06. The number of nitrogens with two attached hydrogens (primary N) is 1. The third-order valence-electron chi connectivity index (χ3n) is 2.56. The summed E-state index contributed by atoms with van der Waals surface area (Å²) in [5, 5.41) is 12.2. The van der Waals surface area contributed by atoms with Crippen molar-refractivity contribution in [1.82, 2.24) is 4.98 Å². The zero-order chi connectivity index (χ0) is 14.7. The van der Waals surface area contributed by atoms with Crippen LogP contribution in [0.3, 0.4) is 0 Å². The monoisotopic (exact) mass is 311 g/mol. The molecule has 0 aliphatic carbocycles. The third-order valence-corrected chi connectivity index (χ3v) is 3.14. The summed E-state index contributed by atoms with van der Waals surface area (Å²) >= 11 is 11.6. The predicted molar refractivity (Wildman–Crippen MR) is 78.2 cm³/mol. The first-order valence-corrected chi connectivity index (χ1v) is 6.41. The zero-order valence-corrected chi connectivity index (χ0v) is 11.7. The molecule has 0 radical (unpaired) electrons. The van der Waals surface area contributed by atoms with Crippen molar-refractivity contribution in [3.8, 4) is 5.75 Å². The van der Waals surface area contributed by atoms with E-state index in [2.05, 4.69) is 10.3 Å². The first-order valence-electron chi connectivity index (χ1n) is 5.65. The van der Waals surface area contributed by atoms with E-state index < -0.39 is 0 Å². The van der Waals surface area contributed by atoms with Crippen LogP contribution in [0.5, 0.6) is 5.75 Å². The average molecular weight is 312 g/mol. The molecule has 4 N–H and O–H groups in total. The molecule has 2 rings (SSSR count). The quantitative estimate of drug-likeness (QED) is 0.760. The van der Waals surface area contributed by atoms with Crippen LogP contribution in [0.15, 0.2) is 30.5 Å². The molecule has 0 aliphatic rings. The molecule has 0 bridgehead atoms. The van der Waals surface area contributed by atoms with Crippen molar-refractivity contribution in [2.45, 2.75) is 6.54 Å². The van der Waals surface area contributed by atoms with Gasteiger partial charge in [0.1, 0.15) is 0 Å². The summed E-state index contributed by atoms with van der Waals surface area (Å²) in [4.78, 5) is 16.1. The van der Waals surface area contributed by atoms with E-state index in [1.165, 1.54) is 18.3 Å². The molecular weight excluding hydrogens is 301 g/mol. The Hall–Kier alpha value is -1.82. The number of hydrogen-bond donors (Lipinski definition) is 3. The second kappa shape index (κ2) is 6.09. The van der Waals surface area contributed by atoms with Gasteiger partial charge in [0.15, 0.2) is 5.75 Å². The van der Waals surface area contributed by atoms with Gasteiger partial charge in [0, 0.05) is 24.0 Å². The number of aromatic nitrogens is 1. The second-order valence-electron chi connectivity index (χ2n) is 3.98. The molecule has 20 heavy (non-hydrogen) atoms. The van der Waals surface area contributed by atoms with Crippen LogP contribution >= 0.6 is 23.2 Å². The van der Waals surface area contributed by atoms with Crippen LogP contribution in [0.25, 0.3) is 0 Å². The molecule has 7 heteroatoms. The Morgan fingerprint density at radius 3 is 2.55 bits per heavy atom. The van der Waals surface area contributed by atoms with E-state index in [0.717, 1.165) is 0 Å². The van der Waals surface area contributed by atoms with Gasteiger partial charge in [-0.1, -0.05) is 23.2 Å². The van der Waals surface area contributed by atoms with Gasteiger partial charge in [0.25, 0.3) is 5.91 Å². The van der Waals surface area contributed by atoms with Crippen molar-refractivity contribution in [3.05, 3.63) is 51.8 Å². The van der Waals surface area contributed by atoms with E-state index in [4.69, 9.17) is 28.9 Å². The maximum absolute atomic E-state index is 12.1. The predicted octanol–water partition coefficient (Wildman–Crippen LogP) is 2.80. The number of phenolic OH excluding ortho intramolecular Hbond substituents is 1. The van der Waals surface area contributed by atoms with Gasteiger partial charge >= 0.3 is 0 Å². The van der Waals surface area contributed by atoms with Crippen molar-refractivity contribution in [1.29, 1.82) is 0 Å². The molecule has 5 nitrogen and oxygen atoms in total. The van der Waals surface area contributed by atoms with Crippen LogP contribution in [0.2, 0.25) is 10.0 Å². The van der Waals surface area contributed by atoms with Gasteiger partial charge in [-0.3, -0.25) is 9.78 Å². The molecular formula is C13H11Cl2N3O2. The minimum Gasteiger partial charge on any atom is -0.505 e. The fourth-order valence-electron chi connectivity index (χ4n) is 1.57. The summed E-state index contributed by atoms with van der Waals surface area (Å²) in [7, 11) is 0. The molecule has 0 saturated heterocycles. The first kappa shape index (κ1) is 14.6. The summed E-state index contributed by atoms with van der Waals surface area (Å²) in [5.41, 5.74) is 6.88. The van der Waals surface area contributed by atoms with Gasteiger partial charge in [0.05, 0.1) is 15.7 Å². The molecule has 0 aliphatic heterocycles. The Bertz CT molecular complexity index is 639. The lowest BCUT2D eigenvalue weighted by Crippen LogP contribution is -2.13. The van der Waals surface area contributed by atoms with E-state index in [1.54, 1.807) is 12.1 Å². The highest BCUT2D eigenvalue weighted by atomic mass is 35.5. The Kier molecular flexibility index (Phi) is 4.44. The number of anilines is 1. The topological polar surface area (TPSA) is 88.2 Å². The van der Waals surface area contributed by atoms with Crippen molar-refractivity contribution < 1.29 is 9.90 Å². The molecule has 1 heterocycles. The number of pyridine rings is 1. The van der Waals surface area contributed by atoms with Crippen LogP contribution in [-0.4, -0.2) is 16.0 Å². The summed E-state index contributed by atoms with van der Waals surface area (Å²) in [6.45, 7) is 0.248. The molecule has 0 spiro atoms. The average Bonchev–Trinajstić information content (AvgIpc) is 2.44. The lowest BCUT2D eigenvalue weighted by molar-refractivity contribution is 0.102. The van der Waals surface area contributed by atoms with E-state index in [9.17, 15) is 9.90 Å². The highest BCUT2D eigenvalue weighted by Crippen LogP contribution is 2.34. The molecule has 104 valence electrons. The molecule has 0 fully saturated rings. The Morgan fingerprint density at radius 1 is 1.30 bits per heavy atom. The fraction of sp³-hybridized carbons (Fsp3) is 0.0769. The third kappa shape index (κ3) is 3.19. The number of amides is 1. The highest BCUT2D eigenvalue weighted by Gasteiger charge is 2.11. The summed E-state index contributed by atoms with van der Waals surface area (Å²) < 4.78 is 0. The smallest absolute Gasteiger partial charge is 0.255 e. The van der Waals surface area contributed by atoms with Gasteiger partial charge < -0.3 is 16.2 Å². The van der Waals surface area contributed by atoms with Crippen LogP contribution in [0.1, 0.15) is 16.1 Å². The standard InChI is InChI=1S/C13H11Cl2N3O2/c14-10-4-8(5-11(15)12(10)19)18-13(20)7-1-2-17-9(3-7)6-16/h1-5,19H,6,16H2,(H,18,20).